The lowest BCUT2D eigenvalue weighted by Gasteiger charge is -2.24. The lowest BCUT2D eigenvalue weighted by molar-refractivity contribution is 0.0676. The van der Waals surface area contributed by atoms with Gasteiger partial charge < -0.3 is 5.11 Å². The summed E-state index contributed by atoms with van der Waals surface area (Å²) in [6.07, 6.45) is 3.80. The van der Waals surface area contributed by atoms with Crippen molar-refractivity contribution in [1.29, 1.82) is 0 Å². The van der Waals surface area contributed by atoms with Crippen molar-refractivity contribution in [3.05, 3.63) is 30.1 Å². The van der Waals surface area contributed by atoms with Crippen LogP contribution in [0.5, 0.6) is 0 Å². The monoisotopic (exact) mass is 309 g/mol. The number of halogens is 2. The van der Waals surface area contributed by atoms with Crippen LogP contribution in [0.4, 0.5) is 8.78 Å². The van der Waals surface area contributed by atoms with E-state index in [2.05, 4.69) is 9.88 Å². The van der Waals surface area contributed by atoms with Crippen molar-refractivity contribution < 1.29 is 13.9 Å². The fraction of sp³-hybridized carbons (Fsp3) is 0.562. The lowest BCUT2D eigenvalue weighted by atomic mass is 10.1. The summed E-state index contributed by atoms with van der Waals surface area (Å²) in [6.45, 7) is -1.06. The van der Waals surface area contributed by atoms with Gasteiger partial charge in [0, 0.05) is 12.6 Å². The Bertz CT molecular complexity index is 629. The van der Waals surface area contributed by atoms with E-state index in [1.165, 1.54) is 0 Å². The van der Waals surface area contributed by atoms with E-state index in [9.17, 15) is 8.78 Å². The van der Waals surface area contributed by atoms with Crippen LogP contribution in [0.2, 0.25) is 0 Å². The summed E-state index contributed by atoms with van der Waals surface area (Å²) in [5.74, 6) is 0.423. The summed E-state index contributed by atoms with van der Waals surface area (Å²) in [5.41, 5.74) is 1.10. The number of fused-ring (bicyclic) bond motifs is 1. The van der Waals surface area contributed by atoms with Crippen LogP contribution in [-0.4, -0.2) is 38.8 Å². The first-order chi connectivity index (χ1) is 10.7. The molecular weight excluding hydrogens is 288 g/mol. The molecule has 1 aromatic carbocycles. The molecule has 1 unspecified atom stereocenters. The number of aliphatic hydroxyl groups excluding tert-OH is 1. The van der Waals surface area contributed by atoms with Gasteiger partial charge >= 0.3 is 6.55 Å². The molecule has 1 aromatic heterocycles. The van der Waals surface area contributed by atoms with E-state index in [0.29, 0.717) is 29.4 Å². The number of benzene rings is 1. The Balaban J connectivity index is 1.85. The molecule has 1 aliphatic rings. The van der Waals surface area contributed by atoms with Crippen LogP contribution in [-0.2, 0) is 6.54 Å². The van der Waals surface area contributed by atoms with Gasteiger partial charge in [-0.05, 0) is 44.4 Å². The minimum absolute atomic E-state index is 0.180. The van der Waals surface area contributed by atoms with Gasteiger partial charge in [-0.25, -0.2) is 4.98 Å². The van der Waals surface area contributed by atoms with Gasteiger partial charge in [-0.2, -0.15) is 8.78 Å². The molecule has 1 fully saturated rings. The van der Waals surface area contributed by atoms with Gasteiger partial charge in [0.25, 0.3) is 0 Å². The maximum absolute atomic E-state index is 13.4. The predicted octanol–water partition coefficient (Wildman–Crippen LogP) is 3.17. The number of para-hydroxylation sites is 2. The normalized spacial score (nSPS) is 19.5. The second-order valence-corrected chi connectivity index (χ2v) is 5.80. The zero-order valence-corrected chi connectivity index (χ0v) is 12.5. The minimum atomic E-state index is -2.58. The molecule has 0 spiro atoms. The van der Waals surface area contributed by atoms with Gasteiger partial charge in [0.2, 0.25) is 0 Å². The first-order valence-electron chi connectivity index (χ1n) is 7.79. The Labute approximate surface area is 128 Å². The van der Waals surface area contributed by atoms with Crippen LogP contribution in [0.25, 0.3) is 11.0 Å². The molecule has 0 amide bonds. The largest absolute Gasteiger partial charge is 0.396 e. The number of rotatable bonds is 6. The van der Waals surface area contributed by atoms with Gasteiger partial charge in [0.05, 0.1) is 17.6 Å². The molecule has 2 aromatic rings. The zero-order chi connectivity index (χ0) is 15.5. The number of nitrogens with zero attached hydrogens (tertiary/aromatic N) is 3. The number of alkyl halides is 2. The third-order valence-electron chi connectivity index (χ3n) is 4.40. The molecule has 1 aliphatic heterocycles. The predicted molar refractivity (Wildman–Crippen MR) is 80.7 cm³/mol. The second kappa shape index (κ2) is 6.71. The Kier molecular flexibility index (Phi) is 4.69. The van der Waals surface area contributed by atoms with E-state index in [1.807, 2.05) is 6.07 Å². The van der Waals surface area contributed by atoms with Crippen LogP contribution < -0.4 is 0 Å². The van der Waals surface area contributed by atoms with Gasteiger partial charge in [0.15, 0.2) is 0 Å². The van der Waals surface area contributed by atoms with Gasteiger partial charge in [0.1, 0.15) is 5.82 Å². The lowest BCUT2D eigenvalue weighted by Crippen LogP contribution is -2.30. The van der Waals surface area contributed by atoms with Crippen LogP contribution in [0, 0.1) is 0 Å². The van der Waals surface area contributed by atoms with Crippen LogP contribution >= 0.6 is 0 Å². The van der Waals surface area contributed by atoms with Crippen LogP contribution in [0.1, 0.15) is 38.1 Å². The Morgan fingerprint density at radius 3 is 2.91 bits per heavy atom. The molecule has 3 rings (SSSR count). The fourth-order valence-electron chi connectivity index (χ4n) is 3.36. The SMILES string of the molecule is OCCCC1CCCN1Cc1nc2ccccc2n1C(F)F. The molecular formula is C16H21F2N3O. The number of imidazole rings is 1. The number of aliphatic hydroxyl groups is 1. The van der Waals surface area contributed by atoms with Crippen molar-refractivity contribution in [1.82, 2.24) is 14.5 Å². The third kappa shape index (κ3) is 2.98. The first kappa shape index (κ1) is 15.4. The molecule has 1 N–H and O–H groups in total. The fourth-order valence-corrected chi connectivity index (χ4v) is 3.36. The topological polar surface area (TPSA) is 41.3 Å². The molecule has 0 radical (unpaired) electrons. The smallest absolute Gasteiger partial charge is 0.320 e. The summed E-state index contributed by atoms with van der Waals surface area (Å²) in [6, 6.07) is 7.38. The maximum atomic E-state index is 13.4. The molecule has 22 heavy (non-hydrogen) atoms. The summed E-state index contributed by atoms with van der Waals surface area (Å²) in [7, 11) is 0. The van der Waals surface area contributed by atoms with Crippen molar-refractivity contribution >= 4 is 11.0 Å². The molecule has 1 atom stereocenters. The maximum Gasteiger partial charge on any atom is 0.320 e. The Morgan fingerprint density at radius 2 is 2.14 bits per heavy atom. The molecule has 0 saturated carbocycles. The van der Waals surface area contributed by atoms with Gasteiger partial charge in [-0.3, -0.25) is 9.47 Å². The highest BCUT2D eigenvalue weighted by atomic mass is 19.3. The highest BCUT2D eigenvalue weighted by Gasteiger charge is 2.27. The summed E-state index contributed by atoms with van der Waals surface area (Å²) >= 11 is 0. The molecule has 4 nitrogen and oxygen atoms in total. The van der Waals surface area contributed by atoms with Crippen molar-refractivity contribution in [3.63, 3.8) is 0 Å². The number of hydrogen-bond donors (Lipinski definition) is 1. The summed E-state index contributed by atoms with van der Waals surface area (Å²) in [4.78, 5) is 6.62. The van der Waals surface area contributed by atoms with E-state index in [-0.39, 0.29) is 6.61 Å². The third-order valence-corrected chi connectivity index (χ3v) is 4.40. The number of aromatic nitrogens is 2. The molecule has 0 aliphatic carbocycles. The molecule has 120 valence electrons. The van der Waals surface area contributed by atoms with Crippen LogP contribution in [0.15, 0.2) is 24.3 Å². The quantitative estimate of drug-likeness (QED) is 0.891. The standard InChI is InChI=1S/C16H21F2N3O/c17-16(18)21-14-8-2-1-7-13(14)19-15(21)11-20-9-3-5-12(20)6-4-10-22/h1-2,7-8,12,16,22H,3-6,9-11H2. The Morgan fingerprint density at radius 1 is 1.32 bits per heavy atom. The van der Waals surface area contributed by atoms with E-state index in [4.69, 9.17) is 5.11 Å². The zero-order valence-electron chi connectivity index (χ0n) is 12.5. The molecule has 6 heteroatoms. The Hall–Kier alpha value is -1.53. The first-order valence-corrected chi connectivity index (χ1v) is 7.79. The van der Waals surface area contributed by atoms with E-state index < -0.39 is 6.55 Å². The second-order valence-electron chi connectivity index (χ2n) is 5.80. The van der Waals surface area contributed by atoms with E-state index in [1.54, 1.807) is 18.2 Å². The average Bonchev–Trinajstić information content (AvgIpc) is 3.09. The minimum Gasteiger partial charge on any atom is -0.396 e. The highest BCUT2D eigenvalue weighted by molar-refractivity contribution is 5.75. The molecule has 2 heterocycles. The van der Waals surface area contributed by atoms with Crippen molar-refractivity contribution in [2.75, 3.05) is 13.2 Å². The van der Waals surface area contributed by atoms with Crippen LogP contribution in [0.3, 0.4) is 0 Å². The van der Waals surface area contributed by atoms with Crippen molar-refractivity contribution in [3.8, 4) is 0 Å². The summed E-state index contributed by atoms with van der Waals surface area (Å²) < 4.78 is 27.9. The number of hydrogen-bond acceptors (Lipinski definition) is 3. The highest BCUT2D eigenvalue weighted by Crippen LogP contribution is 2.27. The van der Waals surface area contributed by atoms with E-state index >= 15 is 0 Å². The van der Waals surface area contributed by atoms with Crippen molar-refractivity contribution in [2.24, 2.45) is 0 Å². The molecule has 0 bridgehead atoms. The van der Waals surface area contributed by atoms with Crippen molar-refractivity contribution in [2.45, 2.75) is 44.8 Å². The van der Waals surface area contributed by atoms with Gasteiger partial charge in [-0.15, -0.1) is 0 Å². The molecule has 1 saturated heterocycles. The average molecular weight is 309 g/mol. The number of likely N-dealkylation sites (tertiary alicyclic amines) is 1. The summed E-state index contributed by atoms with van der Waals surface area (Å²) in [5, 5.41) is 8.98. The van der Waals surface area contributed by atoms with E-state index in [0.717, 1.165) is 36.8 Å². The van der Waals surface area contributed by atoms with Gasteiger partial charge in [-0.1, -0.05) is 12.1 Å².